The van der Waals surface area contributed by atoms with Gasteiger partial charge in [0.05, 0.1) is 0 Å². The number of hydrogen-bond acceptors (Lipinski definition) is 1. The van der Waals surface area contributed by atoms with Crippen molar-refractivity contribution < 1.29 is 0 Å². The highest BCUT2D eigenvalue weighted by Gasteiger charge is 2.43. The zero-order valence-corrected chi connectivity index (χ0v) is 13.1. The number of aliphatic imine (C=N–C) groups is 1. The van der Waals surface area contributed by atoms with Crippen molar-refractivity contribution >= 4 is 18.3 Å². The lowest BCUT2D eigenvalue weighted by Crippen LogP contribution is -2.07. The fraction of sp³-hybridized carbons (Fsp3) is 0.471. The van der Waals surface area contributed by atoms with Gasteiger partial charge in [-0.05, 0) is 49.1 Å². The average molecular weight is 278 g/mol. The van der Waals surface area contributed by atoms with E-state index in [9.17, 15) is 0 Å². The van der Waals surface area contributed by atoms with E-state index in [1.807, 2.05) is 12.2 Å². The van der Waals surface area contributed by atoms with E-state index in [4.69, 9.17) is 11.6 Å². The van der Waals surface area contributed by atoms with Crippen LogP contribution in [0, 0.1) is 11.3 Å². The number of alkyl halides is 1. The maximum atomic E-state index is 5.91. The van der Waals surface area contributed by atoms with Crippen molar-refractivity contribution in [3.05, 3.63) is 47.7 Å². The molecule has 1 fully saturated rings. The van der Waals surface area contributed by atoms with Crippen LogP contribution in [0.3, 0.4) is 0 Å². The van der Waals surface area contributed by atoms with Gasteiger partial charge < -0.3 is 0 Å². The van der Waals surface area contributed by atoms with Gasteiger partial charge in [0.1, 0.15) is 0 Å². The summed E-state index contributed by atoms with van der Waals surface area (Å²) in [7, 11) is 0. The Morgan fingerprint density at radius 2 is 2.00 bits per heavy atom. The van der Waals surface area contributed by atoms with E-state index in [1.54, 1.807) is 0 Å². The largest absolute Gasteiger partial charge is 0.269 e. The normalized spacial score (nSPS) is 18.9. The van der Waals surface area contributed by atoms with Crippen LogP contribution in [0.1, 0.15) is 33.6 Å². The smallest absolute Gasteiger partial charge is 0.0456 e. The van der Waals surface area contributed by atoms with Crippen molar-refractivity contribution in [2.75, 3.05) is 5.88 Å². The van der Waals surface area contributed by atoms with Gasteiger partial charge in [0, 0.05) is 17.0 Å². The SMILES string of the molecule is C=CC1(C(=C)C(=C/CCl)/C(C)=C(\N=C)C(C)C)CC1. The van der Waals surface area contributed by atoms with Crippen LogP contribution >= 0.6 is 11.6 Å². The third kappa shape index (κ3) is 3.27. The van der Waals surface area contributed by atoms with Crippen LogP contribution in [0.2, 0.25) is 0 Å². The second-order valence-electron chi connectivity index (χ2n) is 5.43. The Balaban J connectivity index is 3.23. The molecule has 0 radical (unpaired) electrons. The van der Waals surface area contributed by atoms with E-state index in [2.05, 4.69) is 45.6 Å². The molecule has 0 aromatic carbocycles. The number of hydrogen-bond donors (Lipinski definition) is 0. The molecular formula is C17H24ClN. The molecule has 1 aliphatic carbocycles. The van der Waals surface area contributed by atoms with E-state index in [1.165, 1.54) is 0 Å². The van der Waals surface area contributed by atoms with E-state index in [0.717, 1.165) is 35.3 Å². The molecule has 0 aromatic heterocycles. The summed E-state index contributed by atoms with van der Waals surface area (Å²) in [5.74, 6) is 0.810. The Kier molecular flexibility index (Phi) is 5.37. The first-order valence-electron chi connectivity index (χ1n) is 6.70. The van der Waals surface area contributed by atoms with Crippen LogP contribution in [0.5, 0.6) is 0 Å². The van der Waals surface area contributed by atoms with Gasteiger partial charge in [-0.3, -0.25) is 4.99 Å². The molecule has 1 saturated carbocycles. The minimum absolute atomic E-state index is 0.0718. The summed E-state index contributed by atoms with van der Waals surface area (Å²) in [4.78, 5) is 4.18. The number of nitrogens with zero attached hydrogens (tertiary/aromatic N) is 1. The van der Waals surface area contributed by atoms with Gasteiger partial charge in [0.2, 0.25) is 0 Å². The van der Waals surface area contributed by atoms with Crippen molar-refractivity contribution in [1.29, 1.82) is 0 Å². The van der Waals surface area contributed by atoms with Crippen molar-refractivity contribution in [2.24, 2.45) is 16.3 Å². The highest BCUT2D eigenvalue weighted by Crippen LogP contribution is 2.55. The summed E-state index contributed by atoms with van der Waals surface area (Å²) in [6.07, 6.45) is 6.29. The Morgan fingerprint density at radius 3 is 2.32 bits per heavy atom. The second-order valence-corrected chi connectivity index (χ2v) is 5.74. The van der Waals surface area contributed by atoms with E-state index < -0.39 is 0 Å². The van der Waals surface area contributed by atoms with Crippen LogP contribution < -0.4 is 0 Å². The van der Waals surface area contributed by atoms with Gasteiger partial charge in [-0.2, -0.15) is 0 Å². The molecule has 1 aliphatic rings. The molecule has 0 heterocycles. The fourth-order valence-electron chi connectivity index (χ4n) is 2.48. The molecule has 0 amide bonds. The molecule has 0 atom stereocenters. The summed E-state index contributed by atoms with van der Waals surface area (Å²) in [6, 6.07) is 0. The number of halogens is 1. The van der Waals surface area contributed by atoms with Crippen molar-refractivity contribution in [2.45, 2.75) is 33.6 Å². The van der Waals surface area contributed by atoms with Crippen LogP contribution in [0.25, 0.3) is 0 Å². The minimum Gasteiger partial charge on any atom is -0.269 e. The molecule has 19 heavy (non-hydrogen) atoms. The van der Waals surface area contributed by atoms with E-state index in [-0.39, 0.29) is 5.41 Å². The summed E-state index contributed by atoms with van der Waals surface area (Å²) in [5, 5.41) is 0. The van der Waals surface area contributed by atoms with Gasteiger partial charge in [-0.15, -0.1) is 18.2 Å². The third-order valence-corrected chi connectivity index (χ3v) is 4.05. The first-order valence-corrected chi connectivity index (χ1v) is 7.24. The Labute approximate surface area is 122 Å². The van der Waals surface area contributed by atoms with Crippen molar-refractivity contribution in [3.63, 3.8) is 0 Å². The lowest BCUT2D eigenvalue weighted by molar-refractivity contribution is 0.743. The minimum atomic E-state index is 0.0718. The predicted octanol–water partition coefficient (Wildman–Crippen LogP) is 5.30. The standard InChI is InChI=1S/C17H24ClN/c1-7-17(9-10-17)14(5)15(8-11-18)13(4)16(19-6)12(2)3/h7-8,12H,1,5-6,9-11H2,2-4H3/b15-8+,16-13-. The Morgan fingerprint density at radius 1 is 1.42 bits per heavy atom. The molecule has 1 rings (SSSR count). The van der Waals surface area contributed by atoms with Crippen LogP contribution in [-0.4, -0.2) is 12.6 Å². The third-order valence-electron chi connectivity index (χ3n) is 3.89. The molecule has 0 saturated heterocycles. The van der Waals surface area contributed by atoms with Gasteiger partial charge in [0.15, 0.2) is 0 Å². The molecule has 2 heteroatoms. The second kappa shape index (κ2) is 6.38. The molecule has 0 bridgehead atoms. The lowest BCUT2D eigenvalue weighted by Gasteiger charge is -2.21. The van der Waals surface area contributed by atoms with Gasteiger partial charge in [0.25, 0.3) is 0 Å². The van der Waals surface area contributed by atoms with Crippen LogP contribution in [-0.2, 0) is 0 Å². The highest BCUT2D eigenvalue weighted by molar-refractivity contribution is 6.19. The summed E-state index contributed by atoms with van der Waals surface area (Å²) in [6.45, 7) is 18.2. The first-order chi connectivity index (χ1) is 8.93. The van der Waals surface area contributed by atoms with E-state index in [0.29, 0.717) is 11.8 Å². The van der Waals surface area contributed by atoms with Crippen LogP contribution in [0.15, 0.2) is 52.7 Å². The van der Waals surface area contributed by atoms with Crippen molar-refractivity contribution in [3.8, 4) is 0 Å². The topological polar surface area (TPSA) is 12.4 Å². The molecule has 104 valence electrons. The molecule has 1 nitrogen and oxygen atoms in total. The molecule has 0 spiro atoms. The summed E-state index contributed by atoms with van der Waals surface area (Å²) < 4.78 is 0. The highest BCUT2D eigenvalue weighted by atomic mass is 35.5. The molecule has 0 aliphatic heterocycles. The van der Waals surface area contributed by atoms with Crippen LogP contribution in [0.4, 0.5) is 0 Å². The van der Waals surface area contributed by atoms with Gasteiger partial charge in [-0.1, -0.05) is 32.6 Å². The molecular weight excluding hydrogens is 254 g/mol. The molecule has 0 unspecified atom stereocenters. The number of allylic oxidation sites excluding steroid dienone is 6. The van der Waals surface area contributed by atoms with Gasteiger partial charge in [-0.25, -0.2) is 0 Å². The average Bonchev–Trinajstić information content (AvgIpc) is 3.16. The van der Waals surface area contributed by atoms with E-state index >= 15 is 0 Å². The predicted molar refractivity (Wildman–Crippen MR) is 86.9 cm³/mol. The monoisotopic (exact) mass is 277 g/mol. The quantitative estimate of drug-likeness (QED) is 0.259. The maximum Gasteiger partial charge on any atom is 0.0456 e. The summed E-state index contributed by atoms with van der Waals surface area (Å²) in [5.41, 5.74) is 4.44. The van der Waals surface area contributed by atoms with Crippen molar-refractivity contribution in [1.82, 2.24) is 0 Å². The number of rotatable bonds is 7. The summed E-state index contributed by atoms with van der Waals surface area (Å²) >= 11 is 5.91. The lowest BCUT2D eigenvalue weighted by atomic mass is 9.85. The molecule has 0 aromatic rings. The molecule has 0 N–H and O–H groups in total. The maximum absolute atomic E-state index is 5.91. The Hall–Kier alpha value is -1.08. The zero-order valence-electron chi connectivity index (χ0n) is 12.3. The van der Waals surface area contributed by atoms with Gasteiger partial charge >= 0.3 is 0 Å². The fourth-order valence-corrected chi connectivity index (χ4v) is 2.64. The Bertz CT molecular complexity index is 448. The first kappa shape index (κ1) is 16.0. The zero-order chi connectivity index (χ0) is 14.6.